The highest BCUT2D eigenvalue weighted by Gasteiger charge is 2.26. The molecule has 2 nitrogen and oxygen atoms in total. The zero-order valence-corrected chi connectivity index (χ0v) is 8.44. The fourth-order valence-corrected chi connectivity index (χ4v) is 1.17. The summed E-state index contributed by atoms with van der Waals surface area (Å²) in [6.07, 6.45) is -5.24. The molecule has 3 N–H and O–H groups in total. The first-order chi connectivity index (χ1) is 7.42. The molecule has 0 saturated heterocycles. The molecule has 0 amide bonds. The van der Waals surface area contributed by atoms with E-state index in [1.165, 1.54) is 18.2 Å². The molecular formula is C10H12F4N2. The van der Waals surface area contributed by atoms with E-state index in [9.17, 15) is 17.6 Å². The van der Waals surface area contributed by atoms with Gasteiger partial charge in [-0.25, -0.2) is 4.39 Å². The topological polar surface area (TPSA) is 38.0 Å². The predicted octanol–water partition coefficient (Wildman–Crippen LogP) is 2.65. The first-order valence-corrected chi connectivity index (χ1v) is 4.71. The highest BCUT2D eigenvalue weighted by molar-refractivity contribution is 5.47. The lowest BCUT2D eigenvalue weighted by molar-refractivity contribution is -0.131. The lowest BCUT2D eigenvalue weighted by atomic mass is 10.2. The minimum absolute atomic E-state index is 0.0483. The number of nitrogens with two attached hydrogens (primary N) is 1. The Bertz CT molecular complexity index is 349. The molecule has 1 rings (SSSR count). The van der Waals surface area contributed by atoms with Gasteiger partial charge in [-0.2, -0.15) is 13.2 Å². The number of hydrogen-bond donors (Lipinski definition) is 2. The number of halogens is 4. The van der Waals surface area contributed by atoms with Crippen LogP contribution in [0.4, 0.5) is 23.2 Å². The minimum atomic E-state index is -4.24. The summed E-state index contributed by atoms with van der Waals surface area (Å²) in [5.74, 6) is -0.584. The van der Waals surface area contributed by atoms with E-state index in [2.05, 4.69) is 5.32 Å². The van der Waals surface area contributed by atoms with Crippen LogP contribution in [0.5, 0.6) is 0 Å². The molecule has 0 aromatic heterocycles. The average molecular weight is 236 g/mol. The molecule has 0 atom stereocenters. The van der Waals surface area contributed by atoms with E-state index in [4.69, 9.17) is 5.73 Å². The van der Waals surface area contributed by atoms with Gasteiger partial charge in [-0.1, -0.05) is 6.07 Å². The summed E-state index contributed by atoms with van der Waals surface area (Å²) < 4.78 is 48.7. The Hall–Kier alpha value is -1.30. The van der Waals surface area contributed by atoms with Crippen LogP contribution >= 0.6 is 0 Å². The maximum atomic E-state index is 13.1. The second-order valence-corrected chi connectivity index (χ2v) is 3.31. The molecule has 6 heteroatoms. The third kappa shape index (κ3) is 4.06. The minimum Gasteiger partial charge on any atom is -0.382 e. The van der Waals surface area contributed by atoms with E-state index in [-0.39, 0.29) is 18.8 Å². The van der Waals surface area contributed by atoms with Crippen molar-refractivity contribution < 1.29 is 17.6 Å². The van der Waals surface area contributed by atoms with Crippen molar-refractivity contribution in [2.24, 2.45) is 5.73 Å². The largest absolute Gasteiger partial charge is 0.390 e. The first kappa shape index (κ1) is 12.8. The zero-order chi connectivity index (χ0) is 12.2. The van der Waals surface area contributed by atoms with Crippen LogP contribution in [0.3, 0.4) is 0 Å². The van der Waals surface area contributed by atoms with E-state index < -0.39 is 18.4 Å². The standard InChI is InChI=1S/C10H12F4N2/c11-8-2-1-7(6-15)5-9(8)16-4-3-10(12,13)14/h1-2,5,16H,3-4,6,15H2. The fraction of sp³-hybridized carbons (Fsp3) is 0.400. The van der Waals surface area contributed by atoms with Crippen molar-refractivity contribution in [3.8, 4) is 0 Å². The smallest absolute Gasteiger partial charge is 0.382 e. The van der Waals surface area contributed by atoms with Crippen LogP contribution in [-0.2, 0) is 6.54 Å². The van der Waals surface area contributed by atoms with E-state index in [0.717, 1.165) is 0 Å². The molecule has 0 aliphatic rings. The predicted molar refractivity (Wildman–Crippen MR) is 53.5 cm³/mol. The van der Waals surface area contributed by atoms with Gasteiger partial charge in [0, 0.05) is 13.1 Å². The van der Waals surface area contributed by atoms with Crippen LogP contribution < -0.4 is 11.1 Å². The van der Waals surface area contributed by atoms with Gasteiger partial charge in [-0.3, -0.25) is 0 Å². The normalized spacial score (nSPS) is 11.6. The van der Waals surface area contributed by atoms with Crippen LogP contribution in [0.1, 0.15) is 12.0 Å². The molecule has 0 saturated carbocycles. The van der Waals surface area contributed by atoms with Crippen molar-refractivity contribution in [3.63, 3.8) is 0 Å². The lowest BCUT2D eigenvalue weighted by Crippen LogP contribution is -2.15. The van der Waals surface area contributed by atoms with Gasteiger partial charge in [0.15, 0.2) is 0 Å². The molecule has 0 spiro atoms. The quantitative estimate of drug-likeness (QED) is 0.789. The van der Waals surface area contributed by atoms with Crippen LogP contribution in [0.2, 0.25) is 0 Å². The van der Waals surface area contributed by atoms with Gasteiger partial charge < -0.3 is 11.1 Å². The van der Waals surface area contributed by atoms with Gasteiger partial charge in [0.05, 0.1) is 12.1 Å². The van der Waals surface area contributed by atoms with Crippen molar-refractivity contribution in [2.45, 2.75) is 19.1 Å². The summed E-state index contributed by atoms with van der Waals surface area (Å²) in [4.78, 5) is 0. The second-order valence-electron chi connectivity index (χ2n) is 3.31. The van der Waals surface area contributed by atoms with Gasteiger partial charge >= 0.3 is 6.18 Å². The molecular weight excluding hydrogens is 224 g/mol. The van der Waals surface area contributed by atoms with Crippen LogP contribution in [0.25, 0.3) is 0 Å². The SMILES string of the molecule is NCc1ccc(F)c(NCCC(F)(F)F)c1. The number of benzene rings is 1. The molecule has 1 aromatic rings. The lowest BCUT2D eigenvalue weighted by Gasteiger charge is -2.10. The highest BCUT2D eigenvalue weighted by atomic mass is 19.4. The molecule has 0 aliphatic carbocycles. The third-order valence-electron chi connectivity index (χ3n) is 1.99. The summed E-state index contributed by atoms with van der Waals surface area (Å²) in [6.45, 7) is -0.136. The van der Waals surface area contributed by atoms with Gasteiger partial charge in [0.2, 0.25) is 0 Å². The van der Waals surface area contributed by atoms with Gasteiger partial charge in [0.1, 0.15) is 5.82 Å². The molecule has 0 fully saturated rings. The highest BCUT2D eigenvalue weighted by Crippen LogP contribution is 2.21. The Kier molecular flexibility index (Phi) is 4.12. The number of anilines is 1. The summed E-state index contributed by atoms with van der Waals surface area (Å²) in [7, 11) is 0. The van der Waals surface area contributed by atoms with Crippen LogP contribution in [0.15, 0.2) is 18.2 Å². The molecule has 0 aliphatic heterocycles. The van der Waals surface area contributed by atoms with Crippen LogP contribution in [0, 0.1) is 5.82 Å². The average Bonchev–Trinajstić information content (AvgIpc) is 2.19. The summed E-state index contributed by atoms with van der Waals surface area (Å²) in [5.41, 5.74) is 6.05. The summed E-state index contributed by atoms with van der Waals surface area (Å²) >= 11 is 0. The van der Waals surface area contributed by atoms with E-state index in [1.54, 1.807) is 0 Å². The fourth-order valence-electron chi connectivity index (χ4n) is 1.17. The molecule has 90 valence electrons. The molecule has 1 aromatic carbocycles. The van der Waals surface area contributed by atoms with Crippen molar-refractivity contribution in [2.75, 3.05) is 11.9 Å². The van der Waals surface area contributed by atoms with Gasteiger partial charge in [0.25, 0.3) is 0 Å². The number of hydrogen-bond acceptors (Lipinski definition) is 2. The van der Waals surface area contributed by atoms with E-state index >= 15 is 0 Å². The molecule has 16 heavy (non-hydrogen) atoms. The Morgan fingerprint density at radius 1 is 1.25 bits per heavy atom. The third-order valence-corrected chi connectivity index (χ3v) is 1.99. The molecule has 0 radical (unpaired) electrons. The first-order valence-electron chi connectivity index (χ1n) is 4.71. The maximum absolute atomic E-state index is 13.1. The van der Waals surface area contributed by atoms with E-state index in [1.807, 2.05) is 0 Å². The van der Waals surface area contributed by atoms with Gasteiger partial charge in [-0.05, 0) is 17.7 Å². The molecule has 0 unspecified atom stereocenters. The van der Waals surface area contributed by atoms with Gasteiger partial charge in [-0.15, -0.1) is 0 Å². The number of rotatable bonds is 4. The Morgan fingerprint density at radius 3 is 2.50 bits per heavy atom. The van der Waals surface area contributed by atoms with Crippen molar-refractivity contribution >= 4 is 5.69 Å². The number of nitrogens with one attached hydrogen (secondary N) is 1. The zero-order valence-electron chi connectivity index (χ0n) is 8.44. The Morgan fingerprint density at radius 2 is 1.94 bits per heavy atom. The molecule has 0 heterocycles. The van der Waals surface area contributed by atoms with Crippen molar-refractivity contribution in [3.05, 3.63) is 29.6 Å². The van der Waals surface area contributed by atoms with Crippen molar-refractivity contribution in [1.82, 2.24) is 0 Å². The number of alkyl halides is 3. The summed E-state index contributed by atoms with van der Waals surface area (Å²) in [6, 6.07) is 4.08. The second kappa shape index (κ2) is 5.16. The monoisotopic (exact) mass is 236 g/mol. The summed E-state index contributed by atoms with van der Waals surface area (Å²) in [5, 5.41) is 2.39. The van der Waals surface area contributed by atoms with E-state index in [0.29, 0.717) is 5.56 Å². The van der Waals surface area contributed by atoms with Crippen LogP contribution in [-0.4, -0.2) is 12.7 Å². The molecule has 0 bridgehead atoms. The Balaban J connectivity index is 2.59. The maximum Gasteiger partial charge on any atom is 0.390 e. The van der Waals surface area contributed by atoms with Crippen molar-refractivity contribution in [1.29, 1.82) is 0 Å². The Labute approximate surface area is 90.4 Å².